The smallest absolute Gasteiger partial charge is 0.253 e. The van der Waals surface area contributed by atoms with Gasteiger partial charge in [0.15, 0.2) is 0 Å². The zero-order valence-corrected chi connectivity index (χ0v) is 17.1. The van der Waals surface area contributed by atoms with Crippen molar-refractivity contribution in [3.63, 3.8) is 0 Å². The Morgan fingerprint density at radius 3 is 2.77 bits per heavy atom. The van der Waals surface area contributed by atoms with Gasteiger partial charge in [-0.05, 0) is 54.8 Å². The second-order valence-electron chi connectivity index (χ2n) is 7.38. The lowest BCUT2D eigenvalue weighted by atomic mass is 9.96. The van der Waals surface area contributed by atoms with Gasteiger partial charge in [-0.25, -0.2) is 9.67 Å². The van der Waals surface area contributed by atoms with Crippen molar-refractivity contribution < 1.29 is 9.59 Å². The number of amides is 2. The molecule has 3 aromatic rings. The summed E-state index contributed by atoms with van der Waals surface area (Å²) in [4.78, 5) is 31.3. The summed E-state index contributed by atoms with van der Waals surface area (Å²) < 4.78 is 1.72. The van der Waals surface area contributed by atoms with Crippen LogP contribution in [-0.2, 0) is 11.3 Å². The third-order valence-electron chi connectivity index (χ3n) is 5.18. The van der Waals surface area contributed by atoms with Crippen LogP contribution < -0.4 is 5.32 Å². The van der Waals surface area contributed by atoms with E-state index in [-0.39, 0.29) is 17.7 Å². The minimum Gasteiger partial charge on any atom is -0.338 e. The molecule has 8 heteroatoms. The monoisotopic (exact) mass is 423 g/mol. The van der Waals surface area contributed by atoms with Crippen LogP contribution in [0, 0.1) is 5.92 Å². The Bertz CT molecular complexity index is 1020. The number of piperidine rings is 1. The van der Waals surface area contributed by atoms with E-state index in [4.69, 9.17) is 11.6 Å². The lowest BCUT2D eigenvalue weighted by Crippen LogP contribution is -2.43. The topological polar surface area (TPSA) is 80.1 Å². The lowest BCUT2D eigenvalue weighted by Gasteiger charge is -2.32. The summed E-state index contributed by atoms with van der Waals surface area (Å²) in [6.07, 6.45) is 4.70. The molecule has 1 aliphatic rings. The zero-order chi connectivity index (χ0) is 20.9. The molecule has 4 rings (SSSR count). The molecule has 1 atom stereocenters. The predicted octanol–water partition coefficient (Wildman–Crippen LogP) is 3.47. The van der Waals surface area contributed by atoms with E-state index in [1.807, 2.05) is 24.3 Å². The summed E-state index contributed by atoms with van der Waals surface area (Å²) in [5.74, 6) is -0.380. The van der Waals surface area contributed by atoms with Crippen molar-refractivity contribution in [2.75, 3.05) is 18.4 Å². The highest BCUT2D eigenvalue weighted by Gasteiger charge is 2.29. The van der Waals surface area contributed by atoms with Crippen LogP contribution in [-0.4, -0.2) is 44.6 Å². The summed E-state index contributed by atoms with van der Waals surface area (Å²) in [5, 5.41) is 7.69. The van der Waals surface area contributed by atoms with E-state index in [0.29, 0.717) is 30.2 Å². The minimum atomic E-state index is -0.242. The maximum absolute atomic E-state index is 12.9. The number of aromatic nitrogens is 3. The van der Waals surface area contributed by atoms with Crippen LogP contribution in [0.1, 0.15) is 28.8 Å². The number of carbonyl (C=O) groups is 2. The van der Waals surface area contributed by atoms with Gasteiger partial charge < -0.3 is 10.2 Å². The maximum atomic E-state index is 12.9. The van der Waals surface area contributed by atoms with Crippen LogP contribution in [0.5, 0.6) is 0 Å². The molecule has 1 aliphatic heterocycles. The van der Waals surface area contributed by atoms with Crippen LogP contribution in [0.3, 0.4) is 0 Å². The van der Waals surface area contributed by atoms with E-state index in [9.17, 15) is 9.59 Å². The van der Waals surface area contributed by atoms with Crippen LogP contribution in [0.15, 0.2) is 61.2 Å². The molecule has 0 unspecified atom stereocenters. The van der Waals surface area contributed by atoms with E-state index < -0.39 is 0 Å². The molecule has 7 nitrogen and oxygen atoms in total. The number of benzene rings is 2. The van der Waals surface area contributed by atoms with Gasteiger partial charge in [-0.2, -0.15) is 5.10 Å². The van der Waals surface area contributed by atoms with Gasteiger partial charge >= 0.3 is 0 Å². The second kappa shape index (κ2) is 9.09. The fourth-order valence-electron chi connectivity index (χ4n) is 3.64. The van der Waals surface area contributed by atoms with E-state index in [0.717, 1.165) is 24.1 Å². The van der Waals surface area contributed by atoms with Gasteiger partial charge in [-0.3, -0.25) is 9.59 Å². The highest BCUT2D eigenvalue weighted by atomic mass is 35.5. The van der Waals surface area contributed by atoms with Crippen molar-refractivity contribution in [2.45, 2.75) is 19.4 Å². The lowest BCUT2D eigenvalue weighted by molar-refractivity contribution is -0.121. The number of nitrogens with one attached hydrogen (secondary N) is 1. The van der Waals surface area contributed by atoms with Gasteiger partial charge in [0, 0.05) is 29.4 Å². The first-order chi connectivity index (χ1) is 14.6. The summed E-state index contributed by atoms with van der Waals surface area (Å²) in [6, 6.07) is 14.5. The molecule has 0 bridgehead atoms. The van der Waals surface area contributed by atoms with E-state index in [2.05, 4.69) is 15.4 Å². The number of hydrogen-bond donors (Lipinski definition) is 1. The average Bonchev–Trinajstić information content (AvgIpc) is 3.27. The van der Waals surface area contributed by atoms with Gasteiger partial charge in [0.2, 0.25) is 5.91 Å². The van der Waals surface area contributed by atoms with Crippen molar-refractivity contribution in [1.82, 2.24) is 19.7 Å². The Balaban J connectivity index is 1.38. The number of rotatable bonds is 5. The van der Waals surface area contributed by atoms with Gasteiger partial charge in [0.05, 0.1) is 12.5 Å². The first-order valence-electron chi connectivity index (χ1n) is 9.85. The molecule has 2 aromatic carbocycles. The molecular formula is C22H22ClN5O2. The Morgan fingerprint density at radius 1 is 1.17 bits per heavy atom. The standard InChI is InChI=1S/C22H22ClN5O2/c23-19-8-6-17(7-9-19)22(30)27-10-2-4-18(13-27)21(29)26-20-5-1-3-16(11-20)12-28-15-24-14-25-28/h1,3,5-9,11,14-15,18H,2,4,10,12-13H2,(H,26,29)/t18-/m0/s1. The zero-order valence-electron chi connectivity index (χ0n) is 16.4. The van der Waals surface area contributed by atoms with Gasteiger partial charge in [0.1, 0.15) is 12.7 Å². The molecule has 2 heterocycles. The normalized spacial score (nSPS) is 16.3. The third-order valence-corrected chi connectivity index (χ3v) is 5.43. The van der Waals surface area contributed by atoms with Crippen LogP contribution >= 0.6 is 11.6 Å². The highest BCUT2D eigenvalue weighted by Crippen LogP contribution is 2.22. The van der Waals surface area contributed by atoms with Crippen molar-refractivity contribution in [3.8, 4) is 0 Å². The first-order valence-corrected chi connectivity index (χ1v) is 10.2. The molecule has 1 saturated heterocycles. The van der Waals surface area contributed by atoms with E-state index >= 15 is 0 Å². The van der Waals surface area contributed by atoms with E-state index in [1.54, 1.807) is 40.2 Å². The molecule has 154 valence electrons. The predicted molar refractivity (Wildman–Crippen MR) is 114 cm³/mol. The van der Waals surface area contributed by atoms with Crippen molar-refractivity contribution >= 4 is 29.1 Å². The fourth-order valence-corrected chi connectivity index (χ4v) is 3.77. The summed E-state index contributed by atoms with van der Waals surface area (Å²) in [6.45, 7) is 1.64. The van der Waals surface area contributed by atoms with Gasteiger partial charge in [-0.1, -0.05) is 23.7 Å². The third kappa shape index (κ3) is 4.86. The van der Waals surface area contributed by atoms with E-state index in [1.165, 1.54) is 6.33 Å². The number of likely N-dealkylation sites (tertiary alicyclic amines) is 1. The Hall–Kier alpha value is -3.19. The van der Waals surface area contributed by atoms with Gasteiger partial charge in [0.25, 0.3) is 5.91 Å². The number of halogens is 1. The second-order valence-corrected chi connectivity index (χ2v) is 7.82. The maximum Gasteiger partial charge on any atom is 0.253 e. The molecular weight excluding hydrogens is 402 g/mol. The molecule has 0 radical (unpaired) electrons. The highest BCUT2D eigenvalue weighted by molar-refractivity contribution is 6.30. The molecule has 0 saturated carbocycles. The Morgan fingerprint density at radius 2 is 2.00 bits per heavy atom. The average molecular weight is 424 g/mol. The van der Waals surface area contributed by atoms with Crippen LogP contribution in [0.2, 0.25) is 5.02 Å². The number of nitrogens with zero attached hydrogens (tertiary/aromatic N) is 4. The minimum absolute atomic E-state index is 0.0680. The van der Waals surface area contributed by atoms with Crippen LogP contribution in [0.25, 0.3) is 0 Å². The molecule has 1 fully saturated rings. The molecule has 1 N–H and O–H groups in total. The quantitative estimate of drug-likeness (QED) is 0.681. The van der Waals surface area contributed by atoms with Crippen molar-refractivity contribution in [1.29, 1.82) is 0 Å². The van der Waals surface area contributed by atoms with Crippen molar-refractivity contribution in [2.24, 2.45) is 5.92 Å². The molecule has 2 amide bonds. The Kier molecular flexibility index (Phi) is 6.09. The van der Waals surface area contributed by atoms with Crippen LogP contribution in [0.4, 0.5) is 5.69 Å². The largest absolute Gasteiger partial charge is 0.338 e. The number of hydrogen-bond acceptors (Lipinski definition) is 4. The summed E-state index contributed by atoms with van der Waals surface area (Å²) in [5.41, 5.74) is 2.33. The Labute approximate surface area is 179 Å². The SMILES string of the molecule is O=C(Nc1cccc(Cn2cncn2)c1)[C@H]1CCCN(C(=O)c2ccc(Cl)cc2)C1. The number of carbonyl (C=O) groups excluding carboxylic acids is 2. The fraction of sp³-hybridized carbons (Fsp3) is 0.273. The first kappa shape index (κ1) is 20.1. The number of anilines is 1. The van der Waals surface area contributed by atoms with Crippen molar-refractivity contribution in [3.05, 3.63) is 77.3 Å². The molecule has 1 aromatic heterocycles. The van der Waals surface area contributed by atoms with Gasteiger partial charge in [-0.15, -0.1) is 0 Å². The molecule has 0 spiro atoms. The molecule has 0 aliphatic carbocycles. The summed E-state index contributed by atoms with van der Waals surface area (Å²) in [7, 11) is 0. The molecule has 30 heavy (non-hydrogen) atoms. The summed E-state index contributed by atoms with van der Waals surface area (Å²) >= 11 is 5.91.